The van der Waals surface area contributed by atoms with Gasteiger partial charge in [0.1, 0.15) is 5.60 Å². The first-order chi connectivity index (χ1) is 13.6. The average Bonchev–Trinajstić information content (AvgIpc) is 3.44. The number of hydrogen-bond donors (Lipinski definition) is 2. The Kier molecular flexibility index (Phi) is 5.87. The Morgan fingerprint density at radius 3 is 2.59 bits per heavy atom. The minimum absolute atomic E-state index is 0.122. The van der Waals surface area contributed by atoms with Crippen LogP contribution in [0.2, 0.25) is 0 Å². The van der Waals surface area contributed by atoms with Crippen LogP contribution in [0.3, 0.4) is 0 Å². The Morgan fingerprint density at radius 2 is 1.93 bits per heavy atom. The van der Waals surface area contributed by atoms with Crippen LogP contribution in [0, 0.1) is 5.41 Å². The molecule has 1 aromatic carbocycles. The molecule has 2 aliphatic rings. The topological polar surface area (TPSA) is 87.7 Å². The van der Waals surface area contributed by atoms with E-state index in [4.69, 9.17) is 4.74 Å². The second kappa shape index (κ2) is 8.05. The van der Waals surface area contributed by atoms with Crippen molar-refractivity contribution in [1.82, 2.24) is 10.2 Å². The number of rotatable bonds is 4. The molecule has 1 heterocycles. The molecule has 1 aliphatic carbocycles. The monoisotopic (exact) mass is 401 g/mol. The van der Waals surface area contributed by atoms with Gasteiger partial charge in [-0.05, 0) is 71.6 Å². The van der Waals surface area contributed by atoms with Crippen LogP contribution in [0.4, 0.5) is 10.5 Å². The van der Waals surface area contributed by atoms with Crippen LogP contribution in [0.1, 0.15) is 63.7 Å². The van der Waals surface area contributed by atoms with Crippen LogP contribution in [0.25, 0.3) is 0 Å². The van der Waals surface area contributed by atoms with E-state index in [1.807, 2.05) is 27.7 Å². The molecule has 158 valence electrons. The lowest BCUT2D eigenvalue weighted by molar-refractivity contribution is -0.127. The second-order valence-corrected chi connectivity index (χ2v) is 9.35. The minimum atomic E-state index is -0.721. The van der Waals surface area contributed by atoms with Gasteiger partial charge in [0.25, 0.3) is 5.91 Å². The van der Waals surface area contributed by atoms with E-state index in [1.54, 1.807) is 29.2 Å². The largest absolute Gasteiger partial charge is 0.444 e. The highest BCUT2D eigenvalue weighted by molar-refractivity contribution is 5.99. The van der Waals surface area contributed by atoms with Gasteiger partial charge in [-0.15, -0.1) is 0 Å². The summed E-state index contributed by atoms with van der Waals surface area (Å²) in [5, 5.41) is 5.88. The van der Waals surface area contributed by atoms with Crippen molar-refractivity contribution in [1.29, 1.82) is 0 Å². The van der Waals surface area contributed by atoms with Gasteiger partial charge in [-0.25, -0.2) is 4.79 Å². The smallest absolute Gasteiger partial charge is 0.410 e. The summed E-state index contributed by atoms with van der Waals surface area (Å²) in [6.45, 7) is 8.22. The van der Waals surface area contributed by atoms with Crippen molar-refractivity contribution in [3.8, 4) is 0 Å². The molecule has 29 heavy (non-hydrogen) atoms. The number of nitrogens with zero attached hydrogens (tertiary/aromatic N) is 1. The Labute approximate surface area is 172 Å². The molecule has 0 radical (unpaired) electrons. The van der Waals surface area contributed by atoms with E-state index in [-0.39, 0.29) is 17.9 Å². The van der Waals surface area contributed by atoms with E-state index < -0.39 is 17.1 Å². The zero-order chi connectivity index (χ0) is 21.2. The zero-order valence-corrected chi connectivity index (χ0v) is 17.7. The summed E-state index contributed by atoms with van der Waals surface area (Å²) in [6.07, 6.45) is 3.06. The molecule has 0 unspecified atom stereocenters. The molecule has 2 fully saturated rings. The van der Waals surface area contributed by atoms with Gasteiger partial charge >= 0.3 is 6.09 Å². The van der Waals surface area contributed by atoms with Crippen molar-refractivity contribution in [3.63, 3.8) is 0 Å². The van der Waals surface area contributed by atoms with Crippen molar-refractivity contribution in [2.24, 2.45) is 5.41 Å². The number of anilines is 1. The molecule has 1 atom stereocenters. The summed E-state index contributed by atoms with van der Waals surface area (Å²) in [6, 6.07) is 7.23. The van der Waals surface area contributed by atoms with E-state index in [0.29, 0.717) is 30.8 Å². The summed E-state index contributed by atoms with van der Waals surface area (Å²) in [5.74, 6) is -0.283. The Morgan fingerprint density at radius 1 is 1.21 bits per heavy atom. The highest BCUT2D eigenvalue weighted by atomic mass is 16.6. The highest BCUT2D eigenvalue weighted by Gasteiger charge is 2.40. The molecule has 2 N–H and O–H groups in total. The normalized spacial score (nSPS) is 22.0. The van der Waals surface area contributed by atoms with E-state index in [1.165, 1.54) is 0 Å². The number of piperidine rings is 1. The third-order valence-corrected chi connectivity index (χ3v) is 5.19. The van der Waals surface area contributed by atoms with Crippen LogP contribution >= 0.6 is 0 Å². The van der Waals surface area contributed by atoms with Crippen molar-refractivity contribution in [2.45, 2.75) is 65.0 Å². The maximum atomic E-state index is 13.0. The molecule has 1 aliphatic heterocycles. The van der Waals surface area contributed by atoms with Crippen LogP contribution in [0.15, 0.2) is 24.3 Å². The van der Waals surface area contributed by atoms with Crippen molar-refractivity contribution in [2.75, 3.05) is 18.4 Å². The van der Waals surface area contributed by atoms with Crippen LogP contribution in [-0.4, -0.2) is 47.5 Å². The lowest BCUT2D eigenvalue weighted by Gasteiger charge is -2.39. The highest BCUT2D eigenvalue weighted by Crippen LogP contribution is 2.32. The predicted molar refractivity (Wildman–Crippen MR) is 111 cm³/mol. The first kappa shape index (κ1) is 21.1. The van der Waals surface area contributed by atoms with Gasteiger partial charge in [-0.3, -0.25) is 9.59 Å². The average molecular weight is 402 g/mol. The maximum Gasteiger partial charge on any atom is 0.410 e. The third-order valence-electron chi connectivity index (χ3n) is 5.19. The fourth-order valence-electron chi connectivity index (χ4n) is 3.42. The summed E-state index contributed by atoms with van der Waals surface area (Å²) < 4.78 is 5.46. The zero-order valence-electron chi connectivity index (χ0n) is 17.7. The Balaban J connectivity index is 1.64. The number of carbonyl (C=O) groups is 3. The summed E-state index contributed by atoms with van der Waals surface area (Å²) in [5.41, 5.74) is -0.191. The number of ether oxygens (including phenoxy) is 1. The summed E-state index contributed by atoms with van der Waals surface area (Å²) in [7, 11) is 0. The molecule has 1 saturated heterocycles. The first-order valence-corrected chi connectivity index (χ1v) is 10.3. The molecule has 1 aromatic rings. The number of amides is 3. The Hall–Kier alpha value is -2.57. The molecule has 3 amide bonds. The molecule has 7 heteroatoms. The van der Waals surface area contributed by atoms with Gasteiger partial charge in [0.05, 0.1) is 5.41 Å². The number of hydrogen-bond acceptors (Lipinski definition) is 4. The number of benzene rings is 1. The van der Waals surface area contributed by atoms with Crippen molar-refractivity contribution in [3.05, 3.63) is 29.8 Å². The third kappa shape index (κ3) is 5.71. The lowest BCUT2D eigenvalue weighted by Crippen LogP contribution is -2.51. The van der Waals surface area contributed by atoms with Gasteiger partial charge in [-0.1, -0.05) is 6.07 Å². The van der Waals surface area contributed by atoms with Crippen LogP contribution in [-0.2, 0) is 9.53 Å². The van der Waals surface area contributed by atoms with Gasteiger partial charge in [0.15, 0.2) is 0 Å². The quantitative estimate of drug-likeness (QED) is 0.808. The van der Waals surface area contributed by atoms with Gasteiger partial charge in [0, 0.05) is 30.4 Å². The molecular weight excluding hydrogens is 370 g/mol. The molecule has 0 aromatic heterocycles. The molecule has 3 rings (SSSR count). The Bertz CT molecular complexity index is 797. The molecule has 1 saturated carbocycles. The molecule has 0 spiro atoms. The molecule has 7 nitrogen and oxygen atoms in total. The standard InChI is InChI=1S/C22H31N3O4/c1-21(2,3)29-20(28)25-12-6-11-22(4,14-25)19(27)24-17-8-5-7-15(13-17)18(26)23-16-9-10-16/h5,7-8,13,16H,6,9-12,14H2,1-4H3,(H,23,26)(H,24,27)/t22-/m0/s1. The van der Waals surface area contributed by atoms with Gasteiger partial charge in [0.2, 0.25) is 5.91 Å². The van der Waals surface area contributed by atoms with Crippen molar-refractivity contribution < 1.29 is 19.1 Å². The molecule has 0 bridgehead atoms. The van der Waals surface area contributed by atoms with E-state index in [0.717, 1.165) is 19.3 Å². The second-order valence-electron chi connectivity index (χ2n) is 9.35. The summed E-state index contributed by atoms with van der Waals surface area (Å²) >= 11 is 0. The number of carbonyl (C=O) groups excluding carboxylic acids is 3. The van der Waals surface area contributed by atoms with Crippen molar-refractivity contribution >= 4 is 23.6 Å². The fraction of sp³-hybridized carbons (Fsp3) is 0.591. The number of likely N-dealkylation sites (tertiary alicyclic amines) is 1. The minimum Gasteiger partial charge on any atom is -0.444 e. The SMILES string of the molecule is CC(C)(C)OC(=O)N1CCC[C@](C)(C(=O)Nc2cccc(C(=O)NC3CC3)c2)C1. The summed E-state index contributed by atoms with van der Waals surface area (Å²) in [4.78, 5) is 39.3. The number of nitrogens with one attached hydrogen (secondary N) is 2. The molecular formula is C22H31N3O4. The first-order valence-electron chi connectivity index (χ1n) is 10.3. The van der Waals surface area contributed by atoms with E-state index in [2.05, 4.69) is 10.6 Å². The lowest BCUT2D eigenvalue weighted by atomic mass is 9.81. The van der Waals surface area contributed by atoms with E-state index in [9.17, 15) is 14.4 Å². The van der Waals surface area contributed by atoms with Crippen LogP contribution < -0.4 is 10.6 Å². The predicted octanol–water partition coefficient (Wildman–Crippen LogP) is 3.55. The van der Waals surface area contributed by atoms with E-state index >= 15 is 0 Å². The van der Waals surface area contributed by atoms with Crippen LogP contribution in [0.5, 0.6) is 0 Å². The van der Waals surface area contributed by atoms with Gasteiger partial charge in [-0.2, -0.15) is 0 Å². The fourth-order valence-corrected chi connectivity index (χ4v) is 3.42. The maximum absolute atomic E-state index is 13.0. The van der Waals surface area contributed by atoms with Gasteiger partial charge < -0.3 is 20.3 Å².